The zero-order chi connectivity index (χ0) is 17.6. The van der Waals surface area contributed by atoms with Gasteiger partial charge in [0.25, 0.3) is 0 Å². The summed E-state index contributed by atoms with van der Waals surface area (Å²) in [5.41, 5.74) is 4.17. The molecule has 124 valence electrons. The molecule has 4 rings (SSSR count). The molecule has 0 atom stereocenters. The Labute approximate surface area is 142 Å². The minimum absolute atomic E-state index is 0.215. The zero-order valence-electron chi connectivity index (χ0n) is 13.7. The molecular weight excluding hydrogens is 322 g/mol. The molecule has 3 heterocycles. The standard InChI is InChI=1S/C19H14F2N4/c1-11-7-12(2)23-9-14(11)19-24-16-5-6-22-10-18(16)25(19)17-4-3-13(20)8-15(17)21/h3-10H,1-2H3. The van der Waals surface area contributed by atoms with Crippen molar-refractivity contribution in [3.63, 3.8) is 0 Å². The summed E-state index contributed by atoms with van der Waals surface area (Å²) in [5.74, 6) is -0.751. The van der Waals surface area contributed by atoms with E-state index in [1.165, 1.54) is 12.1 Å². The Morgan fingerprint density at radius 1 is 1.00 bits per heavy atom. The topological polar surface area (TPSA) is 43.6 Å². The summed E-state index contributed by atoms with van der Waals surface area (Å²) in [7, 11) is 0. The number of fused-ring (bicyclic) bond motifs is 1. The third kappa shape index (κ3) is 2.55. The second-order valence-electron chi connectivity index (χ2n) is 5.87. The number of imidazole rings is 1. The van der Waals surface area contributed by atoms with Crippen molar-refractivity contribution in [3.05, 3.63) is 71.8 Å². The smallest absolute Gasteiger partial charge is 0.150 e. The Bertz CT molecular complexity index is 1100. The van der Waals surface area contributed by atoms with Gasteiger partial charge in [0.1, 0.15) is 17.5 Å². The van der Waals surface area contributed by atoms with E-state index in [2.05, 4.69) is 15.0 Å². The molecule has 0 saturated carbocycles. The molecule has 0 fully saturated rings. The van der Waals surface area contributed by atoms with E-state index < -0.39 is 11.6 Å². The summed E-state index contributed by atoms with van der Waals surface area (Å²) < 4.78 is 29.5. The molecule has 0 aliphatic rings. The van der Waals surface area contributed by atoms with E-state index in [-0.39, 0.29) is 5.69 Å². The van der Waals surface area contributed by atoms with Crippen LogP contribution in [0.5, 0.6) is 0 Å². The van der Waals surface area contributed by atoms with Crippen LogP contribution in [0.1, 0.15) is 11.3 Å². The summed E-state index contributed by atoms with van der Waals surface area (Å²) in [6.07, 6.45) is 4.97. The normalized spacial score (nSPS) is 11.2. The number of hydrogen-bond acceptors (Lipinski definition) is 3. The molecule has 0 radical (unpaired) electrons. The van der Waals surface area contributed by atoms with E-state index in [0.717, 1.165) is 22.9 Å². The van der Waals surface area contributed by atoms with E-state index in [1.807, 2.05) is 19.9 Å². The fourth-order valence-corrected chi connectivity index (χ4v) is 2.94. The molecule has 0 saturated heterocycles. The van der Waals surface area contributed by atoms with Gasteiger partial charge in [0.15, 0.2) is 0 Å². The first kappa shape index (κ1) is 15.4. The highest BCUT2D eigenvalue weighted by Crippen LogP contribution is 2.31. The number of pyridine rings is 2. The van der Waals surface area contributed by atoms with Gasteiger partial charge >= 0.3 is 0 Å². The number of aryl methyl sites for hydroxylation is 2. The van der Waals surface area contributed by atoms with Gasteiger partial charge in [-0.15, -0.1) is 0 Å². The first-order valence-electron chi connectivity index (χ1n) is 7.76. The zero-order valence-corrected chi connectivity index (χ0v) is 13.7. The molecule has 0 aliphatic heterocycles. The Morgan fingerprint density at radius 3 is 2.60 bits per heavy atom. The van der Waals surface area contributed by atoms with Gasteiger partial charge in [-0.05, 0) is 43.7 Å². The maximum atomic E-state index is 14.5. The van der Waals surface area contributed by atoms with Crippen LogP contribution in [0.2, 0.25) is 0 Å². The third-order valence-corrected chi connectivity index (χ3v) is 4.10. The van der Waals surface area contributed by atoms with E-state index >= 15 is 0 Å². The molecule has 0 bridgehead atoms. The van der Waals surface area contributed by atoms with E-state index in [9.17, 15) is 8.78 Å². The van der Waals surface area contributed by atoms with Crippen LogP contribution in [-0.4, -0.2) is 19.5 Å². The van der Waals surface area contributed by atoms with Crippen molar-refractivity contribution in [2.24, 2.45) is 0 Å². The van der Waals surface area contributed by atoms with Gasteiger partial charge in [-0.25, -0.2) is 13.8 Å². The number of benzene rings is 1. The van der Waals surface area contributed by atoms with Crippen LogP contribution < -0.4 is 0 Å². The average Bonchev–Trinajstić information content (AvgIpc) is 2.94. The summed E-state index contributed by atoms with van der Waals surface area (Å²) in [4.78, 5) is 13.1. The largest absolute Gasteiger partial charge is 0.288 e. The van der Waals surface area contributed by atoms with Crippen molar-refractivity contribution in [2.45, 2.75) is 13.8 Å². The Morgan fingerprint density at radius 2 is 1.84 bits per heavy atom. The molecule has 0 N–H and O–H groups in total. The highest BCUT2D eigenvalue weighted by molar-refractivity contribution is 5.83. The Balaban J connectivity index is 2.08. The molecule has 0 amide bonds. The molecule has 6 heteroatoms. The summed E-state index contributed by atoms with van der Waals surface area (Å²) in [6, 6.07) is 7.19. The minimum atomic E-state index is -0.665. The lowest BCUT2D eigenvalue weighted by Gasteiger charge is -2.12. The average molecular weight is 336 g/mol. The van der Waals surface area contributed by atoms with Gasteiger partial charge in [0, 0.05) is 29.7 Å². The monoisotopic (exact) mass is 336 g/mol. The molecule has 25 heavy (non-hydrogen) atoms. The minimum Gasteiger partial charge on any atom is -0.288 e. The van der Waals surface area contributed by atoms with Crippen molar-refractivity contribution in [1.29, 1.82) is 0 Å². The van der Waals surface area contributed by atoms with Crippen LogP contribution >= 0.6 is 0 Å². The Hall–Kier alpha value is -3.15. The predicted molar refractivity (Wildman–Crippen MR) is 91.5 cm³/mol. The highest BCUT2D eigenvalue weighted by atomic mass is 19.1. The first-order valence-corrected chi connectivity index (χ1v) is 7.76. The Kier molecular flexibility index (Phi) is 3.53. The number of rotatable bonds is 2. The molecule has 0 spiro atoms. The van der Waals surface area contributed by atoms with E-state index in [1.54, 1.807) is 29.2 Å². The molecule has 0 aliphatic carbocycles. The lowest BCUT2D eigenvalue weighted by molar-refractivity contribution is 0.578. The molecule has 0 unspecified atom stereocenters. The van der Waals surface area contributed by atoms with Crippen LogP contribution in [0.3, 0.4) is 0 Å². The van der Waals surface area contributed by atoms with Crippen molar-refractivity contribution >= 4 is 11.0 Å². The fourth-order valence-electron chi connectivity index (χ4n) is 2.94. The van der Waals surface area contributed by atoms with Crippen LogP contribution in [-0.2, 0) is 0 Å². The number of aromatic nitrogens is 4. The molecule has 4 aromatic rings. The second kappa shape index (κ2) is 5.73. The van der Waals surface area contributed by atoms with Gasteiger partial charge in [-0.2, -0.15) is 0 Å². The van der Waals surface area contributed by atoms with Crippen LogP contribution in [0.15, 0.2) is 48.9 Å². The van der Waals surface area contributed by atoms with Crippen molar-refractivity contribution < 1.29 is 8.78 Å². The lowest BCUT2D eigenvalue weighted by atomic mass is 10.1. The third-order valence-electron chi connectivity index (χ3n) is 4.10. The van der Waals surface area contributed by atoms with E-state index in [4.69, 9.17) is 0 Å². The first-order chi connectivity index (χ1) is 12.0. The maximum absolute atomic E-state index is 14.5. The fraction of sp³-hybridized carbons (Fsp3) is 0.105. The van der Waals surface area contributed by atoms with Crippen molar-refractivity contribution in [1.82, 2.24) is 19.5 Å². The lowest BCUT2D eigenvalue weighted by Crippen LogP contribution is -2.02. The predicted octanol–water partition coefficient (Wildman–Crippen LogP) is 4.38. The summed E-state index contributed by atoms with van der Waals surface area (Å²) in [5, 5.41) is 0. The van der Waals surface area contributed by atoms with Gasteiger partial charge in [-0.3, -0.25) is 14.5 Å². The van der Waals surface area contributed by atoms with Crippen LogP contribution in [0.25, 0.3) is 28.1 Å². The second-order valence-corrected chi connectivity index (χ2v) is 5.87. The van der Waals surface area contributed by atoms with Crippen LogP contribution in [0.4, 0.5) is 8.78 Å². The number of hydrogen-bond donors (Lipinski definition) is 0. The summed E-state index contributed by atoms with van der Waals surface area (Å²) >= 11 is 0. The van der Waals surface area contributed by atoms with Crippen molar-refractivity contribution in [3.8, 4) is 17.1 Å². The number of nitrogens with zero attached hydrogens (tertiary/aromatic N) is 4. The van der Waals surface area contributed by atoms with Crippen LogP contribution in [0, 0.1) is 25.5 Å². The maximum Gasteiger partial charge on any atom is 0.150 e. The van der Waals surface area contributed by atoms with Gasteiger partial charge in [-0.1, -0.05) is 0 Å². The highest BCUT2D eigenvalue weighted by Gasteiger charge is 2.19. The molecule has 4 nitrogen and oxygen atoms in total. The molecular formula is C19H14F2N4. The van der Waals surface area contributed by atoms with Crippen molar-refractivity contribution in [2.75, 3.05) is 0 Å². The SMILES string of the molecule is Cc1cc(C)c(-c2nc3ccncc3n2-c2ccc(F)cc2F)cn1. The summed E-state index contributed by atoms with van der Waals surface area (Å²) in [6.45, 7) is 3.86. The van der Waals surface area contributed by atoms with Gasteiger partial charge in [0.2, 0.25) is 0 Å². The van der Waals surface area contributed by atoms with E-state index in [0.29, 0.717) is 16.9 Å². The molecule has 3 aromatic heterocycles. The van der Waals surface area contributed by atoms with Gasteiger partial charge in [0.05, 0.1) is 22.9 Å². The quantitative estimate of drug-likeness (QED) is 0.546. The van der Waals surface area contributed by atoms with Gasteiger partial charge < -0.3 is 0 Å². The molecule has 1 aromatic carbocycles. The number of halogens is 2.